The molecule has 0 radical (unpaired) electrons. The fourth-order valence-electron chi connectivity index (χ4n) is 5.03. The number of hydrogen-bond donors (Lipinski definition) is 0. The summed E-state index contributed by atoms with van der Waals surface area (Å²) in [5.74, 6) is 1.92. The molecule has 2 aromatic carbocycles. The van der Waals surface area contributed by atoms with Crippen LogP contribution in [-0.2, 0) is 9.47 Å². The van der Waals surface area contributed by atoms with Gasteiger partial charge in [-0.2, -0.15) is 0 Å². The third-order valence-electron chi connectivity index (χ3n) is 6.88. The Morgan fingerprint density at radius 2 is 1.83 bits per heavy atom. The number of Topliss-reactive ketones (excluding diaryl/α,β-unsaturated/α-hetero) is 1. The molecule has 1 fully saturated rings. The lowest BCUT2D eigenvalue weighted by Gasteiger charge is -2.26. The van der Waals surface area contributed by atoms with Crippen molar-refractivity contribution in [1.82, 2.24) is 0 Å². The minimum absolute atomic E-state index is 0.00473. The van der Waals surface area contributed by atoms with E-state index < -0.39 is 0 Å². The first-order valence-electron chi connectivity index (χ1n) is 13.6. The number of aryl methyl sites for hydroxylation is 1. The van der Waals surface area contributed by atoms with Gasteiger partial charge in [0.25, 0.3) is 0 Å². The van der Waals surface area contributed by atoms with Crippen molar-refractivity contribution in [3.8, 4) is 11.5 Å². The van der Waals surface area contributed by atoms with Gasteiger partial charge in [0, 0.05) is 31.1 Å². The first-order valence-corrected chi connectivity index (χ1v) is 13.6. The topological polar surface area (TPSA) is 54.0 Å². The highest BCUT2D eigenvalue weighted by molar-refractivity contribution is 5.98. The zero-order valence-electron chi connectivity index (χ0n) is 22.8. The van der Waals surface area contributed by atoms with Gasteiger partial charge >= 0.3 is 0 Å². The summed E-state index contributed by atoms with van der Waals surface area (Å²) in [6, 6.07) is 14.0. The monoisotopic (exact) mass is 496 g/mol. The Bertz CT molecular complexity index is 954. The SMILES string of the molecule is CCOC1CCCCC(C(=O)c2ccc(OC(C)C)c(C)c2)CCCOC(c2cccc(OC)c2)C1. The van der Waals surface area contributed by atoms with E-state index in [0.717, 1.165) is 73.1 Å². The highest BCUT2D eigenvalue weighted by Gasteiger charge is 2.24. The Morgan fingerprint density at radius 1 is 1.06 bits per heavy atom. The lowest BCUT2D eigenvalue weighted by Crippen LogP contribution is -2.21. The smallest absolute Gasteiger partial charge is 0.165 e. The number of rotatable bonds is 8. The average Bonchev–Trinajstić information content (AvgIpc) is 2.86. The third kappa shape index (κ3) is 8.35. The van der Waals surface area contributed by atoms with Gasteiger partial charge in [-0.25, -0.2) is 0 Å². The van der Waals surface area contributed by atoms with Crippen molar-refractivity contribution in [3.63, 3.8) is 0 Å². The number of carbonyl (C=O) groups is 1. The predicted molar refractivity (Wildman–Crippen MR) is 144 cm³/mol. The van der Waals surface area contributed by atoms with Gasteiger partial charge in [-0.05, 0) is 94.8 Å². The van der Waals surface area contributed by atoms with Gasteiger partial charge in [-0.15, -0.1) is 0 Å². The van der Waals surface area contributed by atoms with Gasteiger partial charge in [0.15, 0.2) is 5.78 Å². The van der Waals surface area contributed by atoms with E-state index in [0.29, 0.717) is 13.2 Å². The van der Waals surface area contributed by atoms with E-state index in [1.807, 2.05) is 58.0 Å². The van der Waals surface area contributed by atoms with Crippen molar-refractivity contribution >= 4 is 5.78 Å². The summed E-state index contributed by atoms with van der Waals surface area (Å²) in [5.41, 5.74) is 2.90. The molecule has 3 rings (SSSR count). The summed E-state index contributed by atoms with van der Waals surface area (Å²) in [6.45, 7) is 9.39. The van der Waals surface area contributed by atoms with E-state index in [2.05, 4.69) is 12.1 Å². The second kappa shape index (κ2) is 14.4. The molecule has 0 bridgehead atoms. The van der Waals surface area contributed by atoms with Crippen LogP contribution in [-0.4, -0.2) is 38.3 Å². The summed E-state index contributed by atoms with van der Waals surface area (Å²) in [4.78, 5) is 13.5. The largest absolute Gasteiger partial charge is 0.497 e. The van der Waals surface area contributed by atoms with E-state index in [-0.39, 0.29) is 30.0 Å². The first kappa shape index (κ1) is 28.2. The lowest BCUT2D eigenvalue weighted by atomic mass is 9.87. The molecule has 3 unspecified atom stereocenters. The van der Waals surface area contributed by atoms with E-state index in [1.54, 1.807) is 7.11 Å². The molecule has 36 heavy (non-hydrogen) atoms. The summed E-state index contributed by atoms with van der Waals surface area (Å²) in [6.07, 6.45) is 6.64. The number of ether oxygens (including phenoxy) is 4. The molecule has 0 aliphatic carbocycles. The van der Waals surface area contributed by atoms with Crippen LogP contribution >= 0.6 is 0 Å². The third-order valence-corrected chi connectivity index (χ3v) is 6.88. The molecule has 1 saturated heterocycles. The maximum atomic E-state index is 13.5. The van der Waals surface area contributed by atoms with E-state index >= 15 is 0 Å². The van der Waals surface area contributed by atoms with Crippen LogP contribution in [0.4, 0.5) is 0 Å². The first-order chi connectivity index (χ1) is 17.4. The molecule has 198 valence electrons. The summed E-state index contributed by atoms with van der Waals surface area (Å²) in [7, 11) is 1.69. The second-order valence-corrected chi connectivity index (χ2v) is 10.1. The fraction of sp³-hybridized carbons (Fsp3) is 0.581. The number of hydrogen-bond acceptors (Lipinski definition) is 5. The van der Waals surface area contributed by atoms with Crippen LogP contribution in [0.15, 0.2) is 42.5 Å². The number of ketones is 1. The normalized spacial score (nSPS) is 21.9. The molecule has 3 atom stereocenters. The molecule has 0 N–H and O–H groups in total. The Hall–Kier alpha value is -2.37. The van der Waals surface area contributed by atoms with Crippen LogP contribution in [0.2, 0.25) is 0 Å². The molecule has 1 aliphatic rings. The van der Waals surface area contributed by atoms with Gasteiger partial charge in [0.1, 0.15) is 11.5 Å². The molecular formula is C31H44O5. The van der Waals surface area contributed by atoms with Gasteiger partial charge in [0.05, 0.1) is 25.4 Å². The summed E-state index contributed by atoms with van der Waals surface area (Å²) < 4.78 is 23.8. The van der Waals surface area contributed by atoms with Gasteiger partial charge in [-0.3, -0.25) is 4.79 Å². The van der Waals surface area contributed by atoms with Crippen LogP contribution in [0.25, 0.3) is 0 Å². The van der Waals surface area contributed by atoms with Crippen molar-refractivity contribution < 1.29 is 23.7 Å². The second-order valence-electron chi connectivity index (χ2n) is 10.1. The predicted octanol–water partition coefficient (Wildman–Crippen LogP) is 7.50. The summed E-state index contributed by atoms with van der Waals surface area (Å²) in [5, 5.41) is 0. The molecule has 0 spiro atoms. The van der Waals surface area contributed by atoms with Gasteiger partial charge in [-0.1, -0.05) is 25.0 Å². The zero-order valence-corrected chi connectivity index (χ0v) is 22.8. The average molecular weight is 497 g/mol. The van der Waals surface area contributed by atoms with Crippen molar-refractivity contribution in [3.05, 3.63) is 59.2 Å². The molecule has 0 saturated carbocycles. The molecule has 5 nitrogen and oxygen atoms in total. The quantitative estimate of drug-likeness (QED) is 0.354. The highest BCUT2D eigenvalue weighted by Crippen LogP contribution is 2.31. The maximum Gasteiger partial charge on any atom is 0.165 e. The maximum absolute atomic E-state index is 13.5. The molecular weight excluding hydrogens is 452 g/mol. The van der Waals surface area contributed by atoms with E-state index in [1.165, 1.54) is 0 Å². The molecule has 5 heteroatoms. The Labute approximate surface area is 217 Å². The lowest BCUT2D eigenvalue weighted by molar-refractivity contribution is -0.0216. The van der Waals surface area contributed by atoms with Crippen LogP contribution in [0, 0.1) is 12.8 Å². The van der Waals surface area contributed by atoms with Crippen LogP contribution in [0.1, 0.15) is 93.3 Å². The minimum Gasteiger partial charge on any atom is -0.497 e. The number of benzene rings is 2. The summed E-state index contributed by atoms with van der Waals surface area (Å²) >= 11 is 0. The molecule has 0 aromatic heterocycles. The zero-order chi connectivity index (χ0) is 25.9. The standard InChI is InChI=1S/C31H44O5/c1-6-34-28-14-8-7-11-24(31(32)26-16-17-29(23(4)19-26)36-22(2)3)13-10-18-35-30(21-28)25-12-9-15-27(20-25)33-5/h9,12,15-17,19-20,22,24,28,30H,6-8,10-11,13-14,18,21H2,1-5H3. The molecule has 1 heterocycles. The molecule has 2 aromatic rings. The van der Waals surface area contributed by atoms with Crippen LogP contribution in [0.3, 0.4) is 0 Å². The van der Waals surface area contributed by atoms with Crippen LogP contribution < -0.4 is 9.47 Å². The molecule has 0 amide bonds. The van der Waals surface area contributed by atoms with Crippen molar-refractivity contribution in [2.75, 3.05) is 20.3 Å². The van der Waals surface area contributed by atoms with Crippen LogP contribution in [0.5, 0.6) is 11.5 Å². The Morgan fingerprint density at radius 3 is 2.56 bits per heavy atom. The van der Waals surface area contributed by atoms with Gasteiger partial charge < -0.3 is 18.9 Å². The number of carbonyl (C=O) groups excluding carboxylic acids is 1. The highest BCUT2D eigenvalue weighted by atomic mass is 16.5. The van der Waals surface area contributed by atoms with Crippen molar-refractivity contribution in [1.29, 1.82) is 0 Å². The van der Waals surface area contributed by atoms with E-state index in [9.17, 15) is 4.79 Å². The Balaban J connectivity index is 1.72. The van der Waals surface area contributed by atoms with Crippen molar-refractivity contribution in [2.24, 2.45) is 5.92 Å². The Kier molecular flexibility index (Phi) is 11.3. The minimum atomic E-state index is -0.0543. The fourth-order valence-corrected chi connectivity index (χ4v) is 5.03. The van der Waals surface area contributed by atoms with E-state index in [4.69, 9.17) is 18.9 Å². The number of methoxy groups -OCH3 is 1. The van der Waals surface area contributed by atoms with Gasteiger partial charge in [0.2, 0.25) is 0 Å². The molecule has 1 aliphatic heterocycles. The van der Waals surface area contributed by atoms with Crippen molar-refractivity contribution in [2.45, 2.75) is 91.0 Å².